The summed E-state index contributed by atoms with van der Waals surface area (Å²) < 4.78 is 38.9. The topological polar surface area (TPSA) is 97.8 Å². The van der Waals surface area contributed by atoms with Crippen LogP contribution < -0.4 is 14.8 Å². The Hall–Kier alpha value is -2.65. The van der Waals surface area contributed by atoms with E-state index in [1.165, 1.54) is 20.3 Å². The second-order valence-electron chi connectivity index (χ2n) is 7.61. The van der Waals surface area contributed by atoms with Crippen molar-refractivity contribution < 1.29 is 22.7 Å². The molecular weight excluding hydrogens is 406 g/mol. The predicted molar refractivity (Wildman–Crippen MR) is 110 cm³/mol. The number of methoxy groups -OCH3 is 2. The zero-order chi connectivity index (χ0) is 21.3. The van der Waals surface area contributed by atoms with Crippen molar-refractivity contribution in [1.29, 1.82) is 0 Å². The summed E-state index contributed by atoms with van der Waals surface area (Å²) in [5.41, 5.74) is 0.553. The number of hydrogen-bond donors (Lipinski definition) is 1. The van der Waals surface area contributed by atoms with Crippen molar-refractivity contribution >= 4 is 15.9 Å². The lowest BCUT2D eigenvalue weighted by atomic mass is 9.99. The van der Waals surface area contributed by atoms with Crippen LogP contribution in [0.25, 0.3) is 0 Å². The van der Waals surface area contributed by atoms with Crippen LogP contribution in [0.2, 0.25) is 0 Å². The molecule has 1 aromatic heterocycles. The molecule has 2 bridgehead atoms. The molecule has 9 heteroatoms. The van der Waals surface area contributed by atoms with Crippen LogP contribution >= 0.6 is 0 Å². The van der Waals surface area contributed by atoms with E-state index in [9.17, 15) is 13.2 Å². The first-order valence-corrected chi connectivity index (χ1v) is 11.3. The Morgan fingerprint density at radius 3 is 2.27 bits per heavy atom. The molecule has 160 valence electrons. The molecule has 3 heterocycles. The number of pyridine rings is 1. The molecule has 2 aliphatic heterocycles. The second-order valence-corrected chi connectivity index (χ2v) is 9.46. The molecule has 0 aliphatic carbocycles. The maximum absolute atomic E-state index is 13.4. The fourth-order valence-corrected chi connectivity index (χ4v) is 6.42. The first-order chi connectivity index (χ1) is 14.4. The van der Waals surface area contributed by atoms with Crippen LogP contribution in [0, 0.1) is 0 Å². The van der Waals surface area contributed by atoms with Crippen molar-refractivity contribution in [1.82, 2.24) is 14.6 Å². The maximum Gasteiger partial charge on any atom is 0.251 e. The quantitative estimate of drug-likeness (QED) is 0.753. The average molecular weight is 432 g/mol. The molecule has 2 saturated heterocycles. The van der Waals surface area contributed by atoms with E-state index in [-0.39, 0.29) is 28.9 Å². The normalized spacial score (nSPS) is 23.7. The molecule has 2 aliphatic rings. The number of nitrogens with one attached hydrogen (secondary N) is 1. The van der Waals surface area contributed by atoms with Gasteiger partial charge in [-0.1, -0.05) is 0 Å². The summed E-state index contributed by atoms with van der Waals surface area (Å²) in [4.78, 5) is 16.6. The van der Waals surface area contributed by atoms with Gasteiger partial charge in [0.05, 0.1) is 19.1 Å². The summed E-state index contributed by atoms with van der Waals surface area (Å²) in [7, 11) is -0.690. The van der Waals surface area contributed by atoms with Crippen LogP contribution in [-0.4, -0.2) is 56.0 Å². The number of rotatable bonds is 6. The van der Waals surface area contributed by atoms with Crippen LogP contribution in [0.15, 0.2) is 47.6 Å². The fourth-order valence-electron chi connectivity index (χ4n) is 4.52. The number of hydrogen-bond acceptors (Lipinski definition) is 6. The lowest BCUT2D eigenvalue weighted by Crippen LogP contribution is -2.52. The van der Waals surface area contributed by atoms with Gasteiger partial charge in [-0.15, -0.1) is 0 Å². The van der Waals surface area contributed by atoms with E-state index in [1.807, 2.05) is 0 Å². The smallest absolute Gasteiger partial charge is 0.251 e. The number of carbonyl (C=O) groups is 1. The van der Waals surface area contributed by atoms with Gasteiger partial charge in [-0.2, -0.15) is 4.31 Å². The Morgan fingerprint density at radius 2 is 1.67 bits per heavy atom. The molecule has 1 aromatic carbocycles. The van der Waals surface area contributed by atoms with Gasteiger partial charge in [-0.05, 0) is 49.9 Å². The highest BCUT2D eigenvalue weighted by molar-refractivity contribution is 7.89. The fraction of sp³-hybridized carbons (Fsp3) is 0.429. The zero-order valence-electron chi connectivity index (χ0n) is 16.9. The number of aromatic nitrogens is 1. The Balaban J connectivity index is 1.51. The summed E-state index contributed by atoms with van der Waals surface area (Å²) in [5.74, 6) is 0.709. The Kier molecular flexibility index (Phi) is 5.66. The predicted octanol–water partition coefficient (Wildman–Crippen LogP) is 2.21. The highest BCUT2D eigenvalue weighted by Gasteiger charge is 2.47. The van der Waals surface area contributed by atoms with Gasteiger partial charge in [0.25, 0.3) is 5.91 Å². The standard InChI is InChI=1S/C21H25N3O5S/c1-28-19-6-5-18(13-20(19)29-2)30(26,27)24-16-3-4-17(24)12-15(11-16)23-21(25)14-7-9-22-10-8-14/h5-10,13,15-17H,3-4,11-12H2,1-2H3,(H,23,25). The third-order valence-corrected chi connectivity index (χ3v) is 7.88. The average Bonchev–Trinajstić information content (AvgIpc) is 3.05. The summed E-state index contributed by atoms with van der Waals surface area (Å²) in [6, 6.07) is 7.67. The van der Waals surface area contributed by atoms with Crippen molar-refractivity contribution in [3.63, 3.8) is 0 Å². The van der Waals surface area contributed by atoms with E-state index in [1.54, 1.807) is 41.0 Å². The van der Waals surface area contributed by atoms with Gasteiger partial charge in [-0.25, -0.2) is 8.42 Å². The Morgan fingerprint density at radius 1 is 1.03 bits per heavy atom. The molecule has 4 rings (SSSR count). The molecule has 1 N–H and O–H groups in total. The molecule has 30 heavy (non-hydrogen) atoms. The van der Waals surface area contributed by atoms with Crippen molar-refractivity contribution in [2.75, 3.05) is 14.2 Å². The Labute approximate surface area is 176 Å². The number of benzene rings is 1. The minimum atomic E-state index is -3.68. The Bertz CT molecular complexity index is 1010. The summed E-state index contributed by atoms with van der Waals surface area (Å²) in [6.07, 6.45) is 5.94. The lowest BCUT2D eigenvalue weighted by molar-refractivity contribution is 0.0909. The van der Waals surface area contributed by atoms with E-state index in [0.29, 0.717) is 29.9 Å². The summed E-state index contributed by atoms with van der Waals surface area (Å²) in [6.45, 7) is 0. The molecular formula is C21H25N3O5S. The summed E-state index contributed by atoms with van der Waals surface area (Å²) >= 11 is 0. The molecule has 8 nitrogen and oxygen atoms in total. The first-order valence-electron chi connectivity index (χ1n) is 9.90. The highest BCUT2D eigenvalue weighted by Crippen LogP contribution is 2.41. The minimum Gasteiger partial charge on any atom is -0.493 e. The highest BCUT2D eigenvalue weighted by atomic mass is 32.2. The van der Waals surface area contributed by atoms with Gasteiger partial charge < -0.3 is 14.8 Å². The summed E-state index contributed by atoms with van der Waals surface area (Å²) in [5, 5.41) is 3.06. The molecule has 1 amide bonds. The van der Waals surface area contributed by atoms with Gasteiger partial charge in [0.1, 0.15) is 0 Å². The van der Waals surface area contributed by atoms with E-state index in [0.717, 1.165) is 12.8 Å². The number of carbonyl (C=O) groups excluding carboxylic acids is 1. The first kappa shape index (κ1) is 20.6. The number of fused-ring (bicyclic) bond motifs is 2. The number of sulfonamides is 1. The van der Waals surface area contributed by atoms with E-state index >= 15 is 0 Å². The van der Waals surface area contributed by atoms with E-state index < -0.39 is 10.0 Å². The zero-order valence-corrected chi connectivity index (χ0v) is 17.8. The number of piperidine rings is 1. The van der Waals surface area contributed by atoms with Crippen LogP contribution in [-0.2, 0) is 10.0 Å². The number of amides is 1. The van der Waals surface area contributed by atoms with E-state index in [2.05, 4.69) is 10.3 Å². The molecule has 2 fully saturated rings. The number of nitrogens with zero attached hydrogens (tertiary/aromatic N) is 2. The molecule has 0 spiro atoms. The minimum absolute atomic E-state index is 0.0555. The van der Waals surface area contributed by atoms with Crippen molar-refractivity contribution in [3.05, 3.63) is 48.3 Å². The monoisotopic (exact) mass is 431 g/mol. The third kappa shape index (κ3) is 3.75. The van der Waals surface area contributed by atoms with Crippen molar-refractivity contribution in [3.8, 4) is 11.5 Å². The molecule has 0 radical (unpaired) electrons. The van der Waals surface area contributed by atoms with Crippen molar-refractivity contribution in [2.45, 2.75) is 48.7 Å². The van der Waals surface area contributed by atoms with Gasteiger partial charge in [0, 0.05) is 42.1 Å². The van der Waals surface area contributed by atoms with Gasteiger partial charge in [-0.3, -0.25) is 9.78 Å². The maximum atomic E-state index is 13.4. The molecule has 2 aromatic rings. The van der Waals surface area contributed by atoms with Gasteiger partial charge in [0.15, 0.2) is 11.5 Å². The van der Waals surface area contributed by atoms with Crippen LogP contribution in [0.5, 0.6) is 11.5 Å². The molecule has 0 saturated carbocycles. The van der Waals surface area contributed by atoms with Crippen molar-refractivity contribution in [2.24, 2.45) is 0 Å². The molecule has 2 unspecified atom stereocenters. The number of ether oxygens (including phenoxy) is 2. The molecule has 2 atom stereocenters. The van der Waals surface area contributed by atoms with Gasteiger partial charge in [0.2, 0.25) is 10.0 Å². The third-order valence-electron chi connectivity index (χ3n) is 5.87. The second kappa shape index (κ2) is 8.23. The lowest BCUT2D eigenvalue weighted by Gasteiger charge is -2.38. The SMILES string of the molecule is COc1ccc(S(=O)(=O)N2C3CCC2CC(NC(=O)c2ccncc2)C3)cc1OC. The van der Waals surface area contributed by atoms with Crippen LogP contribution in [0.3, 0.4) is 0 Å². The largest absolute Gasteiger partial charge is 0.493 e. The van der Waals surface area contributed by atoms with E-state index in [4.69, 9.17) is 9.47 Å². The van der Waals surface area contributed by atoms with Crippen LogP contribution in [0.1, 0.15) is 36.0 Å². The van der Waals surface area contributed by atoms with Gasteiger partial charge >= 0.3 is 0 Å². The van der Waals surface area contributed by atoms with Crippen LogP contribution in [0.4, 0.5) is 0 Å².